The van der Waals surface area contributed by atoms with Gasteiger partial charge in [-0.3, -0.25) is 9.52 Å². The lowest BCUT2D eigenvalue weighted by Crippen LogP contribution is -2.24. The van der Waals surface area contributed by atoms with Crippen LogP contribution in [-0.4, -0.2) is 21.4 Å². The molecule has 0 spiro atoms. The molecule has 7 heteroatoms. The van der Waals surface area contributed by atoms with Crippen LogP contribution in [0.1, 0.15) is 0 Å². The van der Waals surface area contributed by atoms with Crippen LogP contribution in [0.25, 0.3) is 6.08 Å². The van der Waals surface area contributed by atoms with Crippen LogP contribution < -0.4 is 20.0 Å². The fourth-order valence-corrected chi connectivity index (χ4v) is 3.19. The Bertz CT molecular complexity index is 981. The maximum atomic E-state index is 12.4. The fraction of sp³-hybridized carbons (Fsp3) is 0.0667. The first-order valence-electron chi connectivity index (χ1n) is 6.39. The maximum absolute atomic E-state index is 12.4. The second-order valence-corrected chi connectivity index (χ2v) is 6.33. The van der Waals surface area contributed by atoms with Crippen LogP contribution in [0.2, 0.25) is 0 Å². The lowest BCUT2D eigenvalue weighted by atomic mass is 10.3. The van der Waals surface area contributed by atoms with Crippen molar-refractivity contribution < 1.29 is 17.9 Å². The Morgan fingerprint density at radius 3 is 2.73 bits per heavy atom. The van der Waals surface area contributed by atoms with E-state index < -0.39 is 10.0 Å². The van der Waals surface area contributed by atoms with Gasteiger partial charge in [-0.2, -0.15) is 0 Å². The fourth-order valence-electron chi connectivity index (χ4n) is 2.10. The number of hydrogen-bond donors (Lipinski definition) is 1. The summed E-state index contributed by atoms with van der Waals surface area (Å²) in [6, 6.07) is 11.0. The van der Waals surface area contributed by atoms with Gasteiger partial charge in [0.15, 0.2) is 0 Å². The van der Waals surface area contributed by atoms with E-state index in [9.17, 15) is 13.2 Å². The van der Waals surface area contributed by atoms with Gasteiger partial charge >= 0.3 is 0 Å². The lowest BCUT2D eigenvalue weighted by Gasteiger charge is -2.09. The summed E-state index contributed by atoms with van der Waals surface area (Å²) in [5.74, 6) is 0.164. The van der Waals surface area contributed by atoms with Crippen molar-refractivity contribution in [3.05, 3.63) is 53.0 Å². The van der Waals surface area contributed by atoms with Gasteiger partial charge in [-0.1, -0.05) is 6.07 Å². The number of anilines is 1. The molecule has 112 valence electrons. The van der Waals surface area contributed by atoms with E-state index in [1.807, 2.05) is 0 Å². The molecule has 1 heterocycles. The quantitative estimate of drug-likeness (QED) is 0.887. The summed E-state index contributed by atoms with van der Waals surface area (Å²) in [6.45, 7) is 0. The molecule has 0 saturated heterocycles. The Morgan fingerprint density at radius 1 is 1.14 bits per heavy atom. The largest absolute Gasteiger partial charge is 0.497 e. The molecule has 1 aliphatic rings. The Balaban J connectivity index is 1.97. The predicted molar refractivity (Wildman–Crippen MR) is 80.5 cm³/mol. The number of rotatable bonds is 4. The van der Waals surface area contributed by atoms with E-state index in [2.05, 4.69) is 9.71 Å². The van der Waals surface area contributed by atoms with Gasteiger partial charge in [0.05, 0.1) is 23.0 Å². The molecule has 1 aliphatic heterocycles. The summed E-state index contributed by atoms with van der Waals surface area (Å²) < 4.78 is 32.3. The highest BCUT2D eigenvalue weighted by atomic mass is 32.2. The molecule has 0 aliphatic carbocycles. The maximum Gasteiger partial charge on any atom is 0.270 e. The molecule has 0 saturated carbocycles. The molecule has 1 amide bonds. The molecule has 22 heavy (non-hydrogen) atoms. The second kappa shape index (κ2) is 5.27. The summed E-state index contributed by atoms with van der Waals surface area (Å²) in [5, 5.41) is 0.976. The van der Waals surface area contributed by atoms with Crippen molar-refractivity contribution in [3.8, 4) is 5.75 Å². The van der Waals surface area contributed by atoms with E-state index in [0.717, 1.165) is 0 Å². The number of carbonyl (C=O) groups is 1. The molecule has 2 aromatic carbocycles. The lowest BCUT2D eigenvalue weighted by molar-refractivity contribution is -0.112. The highest BCUT2D eigenvalue weighted by molar-refractivity contribution is 7.92. The molecule has 3 rings (SSSR count). The number of nitrogens with zero attached hydrogens (tertiary/aromatic N) is 1. The normalized spacial score (nSPS) is 13.0. The number of hydrogen-bond acceptors (Lipinski definition) is 4. The molecule has 2 aromatic rings. The van der Waals surface area contributed by atoms with Crippen LogP contribution in [0.15, 0.2) is 52.4 Å². The van der Waals surface area contributed by atoms with Crippen molar-refractivity contribution in [2.75, 3.05) is 11.8 Å². The predicted octanol–water partition coefficient (Wildman–Crippen LogP) is 0.436. The number of nitrogens with one attached hydrogen (secondary N) is 1. The van der Waals surface area contributed by atoms with E-state index in [0.29, 0.717) is 22.0 Å². The van der Waals surface area contributed by atoms with Crippen molar-refractivity contribution in [2.45, 2.75) is 4.90 Å². The topological polar surface area (TPSA) is 84.8 Å². The number of benzene rings is 2. The standard InChI is InChI=1S/C15H12N2O4S/c1-21-12-4-2-3-11(9-12)17-22(19,20)13-5-6-14-10(7-13)8-15(18)16-14/h2-9,17H,1H3. The summed E-state index contributed by atoms with van der Waals surface area (Å²) in [5.41, 5.74) is 0.393. The van der Waals surface area contributed by atoms with Crippen molar-refractivity contribution >= 4 is 27.7 Å². The molecular weight excluding hydrogens is 304 g/mol. The zero-order chi connectivity index (χ0) is 15.7. The van der Waals surface area contributed by atoms with Crippen LogP contribution in [0.4, 0.5) is 5.69 Å². The van der Waals surface area contributed by atoms with Crippen LogP contribution in [0, 0.1) is 0 Å². The van der Waals surface area contributed by atoms with Gasteiger partial charge in [0.2, 0.25) is 0 Å². The third kappa shape index (κ3) is 2.71. The van der Waals surface area contributed by atoms with E-state index in [1.165, 1.54) is 31.4 Å². The monoisotopic (exact) mass is 316 g/mol. The molecule has 0 bridgehead atoms. The smallest absolute Gasteiger partial charge is 0.270 e. The van der Waals surface area contributed by atoms with Gasteiger partial charge < -0.3 is 4.74 Å². The van der Waals surface area contributed by atoms with Crippen LogP contribution in [0.5, 0.6) is 5.75 Å². The first-order valence-corrected chi connectivity index (χ1v) is 7.88. The highest BCUT2D eigenvalue weighted by Gasteiger charge is 2.16. The van der Waals surface area contributed by atoms with Crippen LogP contribution in [0.3, 0.4) is 0 Å². The summed E-state index contributed by atoms with van der Waals surface area (Å²) in [7, 11) is -2.25. The molecule has 0 fully saturated rings. The average molecular weight is 316 g/mol. The Labute approximate surface area is 126 Å². The first kappa shape index (κ1) is 14.3. The Morgan fingerprint density at radius 2 is 1.95 bits per heavy atom. The molecule has 6 nitrogen and oxygen atoms in total. The third-order valence-corrected chi connectivity index (χ3v) is 4.52. The Kier molecular flexibility index (Phi) is 3.42. The van der Waals surface area contributed by atoms with Crippen LogP contribution >= 0.6 is 0 Å². The van der Waals surface area contributed by atoms with E-state index >= 15 is 0 Å². The van der Waals surface area contributed by atoms with Crippen LogP contribution in [-0.2, 0) is 14.8 Å². The van der Waals surface area contributed by atoms with Crippen molar-refractivity contribution in [1.29, 1.82) is 0 Å². The first-order chi connectivity index (χ1) is 10.5. The minimum absolute atomic E-state index is 0.0650. The molecule has 0 aromatic heterocycles. The SMILES string of the molecule is COc1cccc(NS(=O)(=O)c2ccc3c(c2)=CC(=O)N=3)c1. The number of ether oxygens (including phenoxy) is 1. The Hall–Kier alpha value is -2.67. The highest BCUT2D eigenvalue weighted by Crippen LogP contribution is 2.19. The van der Waals surface area contributed by atoms with Gasteiger partial charge in [-0.25, -0.2) is 13.4 Å². The van der Waals surface area contributed by atoms with Crippen molar-refractivity contribution in [3.63, 3.8) is 0 Å². The zero-order valence-electron chi connectivity index (χ0n) is 11.6. The average Bonchev–Trinajstić information content (AvgIpc) is 2.86. The van der Waals surface area contributed by atoms with E-state index in [1.54, 1.807) is 24.3 Å². The number of amides is 1. The zero-order valence-corrected chi connectivity index (χ0v) is 12.4. The molecule has 0 unspecified atom stereocenters. The van der Waals surface area contributed by atoms with Gasteiger partial charge in [0.1, 0.15) is 5.75 Å². The number of methoxy groups -OCH3 is 1. The van der Waals surface area contributed by atoms with Gasteiger partial charge in [0.25, 0.3) is 15.9 Å². The van der Waals surface area contributed by atoms with Crippen molar-refractivity contribution in [2.24, 2.45) is 4.99 Å². The van der Waals surface area contributed by atoms with Gasteiger partial charge in [-0.15, -0.1) is 0 Å². The van der Waals surface area contributed by atoms with Gasteiger partial charge in [-0.05, 0) is 30.3 Å². The van der Waals surface area contributed by atoms with E-state index in [-0.39, 0.29) is 10.8 Å². The van der Waals surface area contributed by atoms with E-state index in [4.69, 9.17) is 4.74 Å². The minimum Gasteiger partial charge on any atom is -0.497 e. The third-order valence-electron chi connectivity index (χ3n) is 3.14. The molecule has 0 atom stereocenters. The summed E-state index contributed by atoms with van der Waals surface area (Å²) in [4.78, 5) is 15.0. The van der Waals surface area contributed by atoms with Crippen molar-refractivity contribution in [1.82, 2.24) is 0 Å². The van der Waals surface area contributed by atoms with Gasteiger partial charge in [0, 0.05) is 17.4 Å². The number of carbonyl (C=O) groups excluding carboxylic acids is 1. The minimum atomic E-state index is -3.76. The molecule has 0 radical (unpaired) electrons. The second-order valence-electron chi connectivity index (χ2n) is 4.65. The molecular formula is C15H12N2O4S. The molecule has 1 N–H and O–H groups in total. The summed E-state index contributed by atoms with van der Waals surface area (Å²) in [6.07, 6.45) is 1.31. The summed E-state index contributed by atoms with van der Waals surface area (Å²) >= 11 is 0. The number of sulfonamides is 1. The number of fused-ring (bicyclic) bond motifs is 1.